The molecule has 3 rings (SSSR count). The predicted molar refractivity (Wildman–Crippen MR) is 95.5 cm³/mol. The molecule has 0 aliphatic carbocycles. The topological polar surface area (TPSA) is 116 Å². The molecule has 0 fully saturated rings. The molecule has 0 aliphatic heterocycles. The van der Waals surface area contributed by atoms with Gasteiger partial charge in [-0.05, 0) is 39.8 Å². The van der Waals surface area contributed by atoms with E-state index < -0.39 is 5.97 Å². The minimum absolute atomic E-state index is 0.0300. The summed E-state index contributed by atoms with van der Waals surface area (Å²) in [6.45, 7) is 6.81. The predicted octanol–water partition coefficient (Wildman–Crippen LogP) is 2.44. The fraction of sp³-hybridized carbons (Fsp3) is 0.389. The van der Waals surface area contributed by atoms with Crippen LogP contribution in [0.3, 0.4) is 0 Å². The molecule has 3 aromatic rings. The van der Waals surface area contributed by atoms with Gasteiger partial charge < -0.3 is 9.52 Å². The largest absolute Gasteiger partial charge is 0.480 e. The van der Waals surface area contributed by atoms with Crippen LogP contribution in [0.5, 0.6) is 0 Å². The summed E-state index contributed by atoms with van der Waals surface area (Å²) >= 11 is 0. The van der Waals surface area contributed by atoms with E-state index in [1.54, 1.807) is 23.7 Å². The molecule has 142 valence electrons. The Hall–Kier alpha value is -3.23. The monoisotopic (exact) mass is 371 g/mol. The molecule has 3 heterocycles. The molecule has 0 saturated heterocycles. The zero-order valence-corrected chi connectivity index (χ0v) is 15.6. The number of nitrogens with zero attached hydrogens (tertiary/aromatic N) is 5. The van der Waals surface area contributed by atoms with Crippen LogP contribution < -0.4 is 0 Å². The van der Waals surface area contributed by atoms with E-state index in [9.17, 15) is 9.59 Å². The van der Waals surface area contributed by atoms with E-state index in [4.69, 9.17) is 9.52 Å². The number of hydrogen-bond donors (Lipinski definition) is 1. The minimum atomic E-state index is -1.01. The molecule has 0 bridgehead atoms. The van der Waals surface area contributed by atoms with E-state index >= 15 is 0 Å². The van der Waals surface area contributed by atoms with E-state index in [0.717, 1.165) is 5.69 Å². The number of Topliss-reactive ketones (excluding diaryl/α,β-unsaturated/α-hetero) is 1. The molecule has 3 aromatic heterocycles. The summed E-state index contributed by atoms with van der Waals surface area (Å²) in [5, 5.41) is 17.9. The molecule has 0 spiro atoms. The van der Waals surface area contributed by atoms with Crippen molar-refractivity contribution in [3.05, 3.63) is 41.2 Å². The van der Waals surface area contributed by atoms with Gasteiger partial charge >= 0.3 is 5.97 Å². The van der Waals surface area contributed by atoms with Crippen molar-refractivity contribution in [3.63, 3.8) is 0 Å². The second-order valence-corrected chi connectivity index (χ2v) is 6.48. The maximum atomic E-state index is 11.8. The Morgan fingerprint density at radius 3 is 2.59 bits per heavy atom. The Morgan fingerprint density at radius 1 is 1.30 bits per heavy atom. The van der Waals surface area contributed by atoms with Gasteiger partial charge in [-0.15, -0.1) is 5.10 Å². The molecule has 0 aromatic carbocycles. The average Bonchev–Trinajstić information content (AvgIpc) is 3.27. The molecule has 9 nitrogen and oxygen atoms in total. The van der Waals surface area contributed by atoms with Gasteiger partial charge in [0, 0.05) is 12.1 Å². The molecule has 1 atom stereocenters. The molecule has 27 heavy (non-hydrogen) atoms. The first-order chi connectivity index (χ1) is 12.8. The standard InChI is InChI=1S/C18H21N5O4/c1-10(23-12(3)17(13(4)24)11(2)20-23)8-15-19-18(14-6-5-7-27-14)21-22(15)9-16(25)26/h5-7,10H,8-9H2,1-4H3,(H,25,26)/t10-/m1/s1. The Morgan fingerprint density at radius 2 is 2.04 bits per heavy atom. The van der Waals surface area contributed by atoms with Crippen LogP contribution >= 0.6 is 0 Å². The number of furan rings is 1. The molecular weight excluding hydrogens is 350 g/mol. The lowest BCUT2D eigenvalue weighted by molar-refractivity contribution is -0.137. The van der Waals surface area contributed by atoms with E-state index in [2.05, 4.69) is 15.2 Å². The number of rotatable bonds is 7. The van der Waals surface area contributed by atoms with Crippen LogP contribution in [0.25, 0.3) is 11.6 Å². The van der Waals surface area contributed by atoms with Crippen molar-refractivity contribution in [2.24, 2.45) is 0 Å². The van der Waals surface area contributed by atoms with Crippen molar-refractivity contribution in [3.8, 4) is 11.6 Å². The summed E-state index contributed by atoms with van der Waals surface area (Å²) in [6.07, 6.45) is 1.91. The van der Waals surface area contributed by atoms with Crippen molar-refractivity contribution in [2.45, 2.75) is 46.7 Å². The first kappa shape index (κ1) is 18.6. The quantitative estimate of drug-likeness (QED) is 0.634. The Balaban J connectivity index is 1.93. The molecule has 0 radical (unpaired) electrons. The molecule has 0 saturated carbocycles. The van der Waals surface area contributed by atoms with Gasteiger partial charge in [0.15, 0.2) is 11.5 Å². The number of ketones is 1. The second-order valence-electron chi connectivity index (χ2n) is 6.48. The zero-order chi connectivity index (χ0) is 19.7. The van der Waals surface area contributed by atoms with E-state index in [0.29, 0.717) is 35.1 Å². The first-order valence-corrected chi connectivity index (χ1v) is 8.54. The summed E-state index contributed by atoms with van der Waals surface area (Å²) in [5.74, 6) is 0.273. The third-order valence-electron chi connectivity index (χ3n) is 4.35. The van der Waals surface area contributed by atoms with E-state index in [1.807, 2.05) is 13.8 Å². The highest BCUT2D eigenvalue weighted by Crippen LogP contribution is 2.22. The lowest BCUT2D eigenvalue weighted by atomic mass is 10.1. The Bertz CT molecular complexity index is 984. The zero-order valence-electron chi connectivity index (χ0n) is 15.6. The van der Waals surface area contributed by atoms with Gasteiger partial charge in [-0.3, -0.25) is 14.3 Å². The van der Waals surface area contributed by atoms with Crippen LogP contribution in [0.2, 0.25) is 0 Å². The van der Waals surface area contributed by atoms with Crippen LogP contribution in [0.4, 0.5) is 0 Å². The number of hydrogen-bond acceptors (Lipinski definition) is 6. The van der Waals surface area contributed by atoms with Gasteiger partial charge in [-0.2, -0.15) is 5.10 Å². The lowest BCUT2D eigenvalue weighted by Crippen LogP contribution is -2.18. The number of carboxylic acids is 1. The minimum Gasteiger partial charge on any atom is -0.480 e. The van der Waals surface area contributed by atoms with Crippen molar-refractivity contribution >= 4 is 11.8 Å². The molecular formula is C18H21N5O4. The normalized spacial score (nSPS) is 12.3. The Labute approximate surface area is 155 Å². The van der Waals surface area contributed by atoms with Crippen molar-refractivity contribution in [2.75, 3.05) is 0 Å². The maximum absolute atomic E-state index is 11.8. The maximum Gasteiger partial charge on any atom is 0.325 e. The third-order valence-corrected chi connectivity index (χ3v) is 4.35. The molecule has 0 aliphatic rings. The van der Waals surface area contributed by atoms with Crippen molar-refractivity contribution in [1.82, 2.24) is 24.5 Å². The molecule has 1 N–H and O–H groups in total. The fourth-order valence-electron chi connectivity index (χ4n) is 3.24. The number of carboxylic acid groups (broad SMARTS) is 1. The third kappa shape index (κ3) is 3.67. The lowest BCUT2D eigenvalue weighted by Gasteiger charge is -2.14. The van der Waals surface area contributed by atoms with Gasteiger partial charge in [0.1, 0.15) is 12.4 Å². The smallest absolute Gasteiger partial charge is 0.325 e. The molecule has 9 heteroatoms. The van der Waals surface area contributed by atoms with Crippen LogP contribution in [0.1, 0.15) is 47.5 Å². The van der Waals surface area contributed by atoms with Crippen LogP contribution in [-0.2, 0) is 17.8 Å². The summed E-state index contributed by atoms with van der Waals surface area (Å²) in [7, 11) is 0. The highest BCUT2D eigenvalue weighted by atomic mass is 16.4. The molecule has 0 amide bonds. The molecule has 0 unspecified atom stereocenters. The van der Waals surface area contributed by atoms with Gasteiger partial charge in [0.05, 0.1) is 23.6 Å². The average molecular weight is 371 g/mol. The number of carbonyl (C=O) groups is 2. The number of carbonyl (C=O) groups excluding carboxylic acids is 1. The Kier molecular flexibility index (Phi) is 4.93. The van der Waals surface area contributed by atoms with Crippen molar-refractivity contribution < 1.29 is 19.1 Å². The SMILES string of the molecule is CC(=O)c1c(C)nn([C@H](C)Cc2nc(-c3ccco3)nn2CC(=O)O)c1C. The summed E-state index contributed by atoms with van der Waals surface area (Å²) in [5.41, 5.74) is 2.07. The summed E-state index contributed by atoms with van der Waals surface area (Å²) in [6, 6.07) is 3.29. The highest BCUT2D eigenvalue weighted by molar-refractivity contribution is 5.96. The van der Waals surface area contributed by atoms with Crippen molar-refractivity contribution in [1.29, 1.82) is 0 Å². The van der Waals surface area contributed by atoms with Gasteiger partial charge in [-0.1, -0.05) is 0 Å². The fourth-order valence-corrected chi connectivity index (χ4v) is 3.24. The number of aromatic nitrogens is 5. The second kappa shape index (κ2) is 7.18. The number of aryl methyl sites for hydroxylation is 1. The summed E-state index contributed by atoms with van der Waals surface area (Å²) < 4.78 is 8.44. The van der Waals surface area contributed by atoms with E-state index in [-0.39, 0.29) is 18.4 Å². The number of aliphatic carboxylic acids is 1. The van der Waals surface area contributed by atoms with Gasteiger partial charge in [0.25, 0.3) is 0 Å². The van der Waals surface area contributed by atoms with Crippen LogP contribution in [0, 0.1) is 13.8 Å². The van der Waals surface area contributed by atoms with Crippen LogP contribution in [0.15, 0.2) is 22.8 Å². The van der Waals surface area contributed by atoms with Gasteiger partial charge in [0.2, 0.25) is 5.82 Å². The summed E-state index contributed by atoms with van der Waals surface area (Å²) in [4.78, 5) is 27.5. The van der Waals surface area contributed by atoms with E-state index in [1.165, 1.54) is 17.9 Å². The first-order valence-electron chi connectivity index (χ1n) is 8.54. The van der Waals surface area contributed by atoms with Crippen LogP contribution in [-0.4, -0.2) is 41.4 Å². The highest BCUT2D eigenvalue weighted by Gasteiger charge is 2.22. The van der Waals surface area contributed by atoms with Gasteiger partial charge in [-0.25, -0.2) is 9.67 Å².